The fourth-order valence-corrected chi connectivity index (χ4v) is 2.70. The van der Waals surface area contributed by atoms with E-state index in [9.17, 15) is 4.39 Å². The summed E-state index contributed by atoms with van der Waals surface area (Å²) >= 11 is 0. The molecule has 1 spiro atoms. The van der Waals surface area contributed by atoms with E-state index in [4.69, 9.17) is 4.74 Å². The van der Waals surface area contributed by atoms with Gasteiger partial charge in [-0.15, -0.1) is 0 Å². The van der Waals surface area contributed by atoms with Crippen LogP contribution in [0.25, 0.3) is 0 Å². The van der Waals surface area contributed by atoms with Gasteiger partial charge in [0.05, 0.1) is 5.60 Å². The Balaban J connectivity index is 2.06. The predicted molar refractivity (Wildman–Crippen MR) is 50.4 cm³/mol. The van der Waals surface area contributed by atoms with Gasteiger partial charge in [0.1, 0.15) is 5.67 Å². The number of alkyl halides is 1. The molecule has 3 unspecified atom stereocenters. The van der Waals surface area contributed by atoms with Crippen LogP contribution in [0.4, 0.5) is 4.39 Å². The zero-order valence-corrected chi connectivity index (χ0v) is 8.61. The lowest BCUT2D eigenvalue weighted by molar-refractivity contribution is -0.0838. The Kier molecular flexibility index (Phi) is 2.14. The quantitative estimate of drug-likeness (QED) is 0.565. The average Bonchev–Trinajstić information content (AvgIpc) is 2.48. The van der Waals surface area contributed by atoms with Crippen LogP contribution in [0.15, 0.2) is 0 Å². The van der Waals surface area contributed by atoms with Crippen LogP contribution >= 0.6 is 0 Å². The first-order valence-electron chi connectivity index (χ1n) is 5.37. The monoisotopic (exact) mass is 186 g/mol. The number of rotatable bonds is 0. The molecule has 1 saturated carbocycles. The van der Waals surface area contributed by atoms with E-state index in [1.165, 1.54) is 0 Å². The average molecular weight is 186 g/mol. The molecule has 0 radical (unpaired) electrons. The molecule has 1 heterocycles. The first-order chi connectivity index (χ1) is 6.04. The van der Waals surface area contributed by atoms with Crippen molar-refractivity contribution in [3.8, 4) is 0 Å². The summed E-state index contributed by atoms with van der Waals surface area (Å²) in [6.45, 7) is 4.64. The third kappa shape index (κ3) is 1.61. The van der Waals surface area contributed by atoms with Crippen LogP contribution < -0.4 is 0 Å². The molecule has 3 atom stereocenters. The molecule has 0 N–H and O–H groups in total. The standard InChI is InChI=1S/C11H19FO/c1-9-8-11(4-3-7-13-11)6-5-10(9,2)12/h9H,3-8H2,1-2H3. The second-order valence-electron chi connectivity index (χ2n) is 5.02. The van der Waals surface area contributed by atoms with Crippen LogP contribution in [0.3, 0.4) is 0 Å². The van der Waals surface area contributed by atoms with E-state index in [0.29, 0.717) is 6.42 Å². The van der Waals surface area contributed by atoms with Gasteiger partial charge >= 0.3 is 0 Å². The van der Waals surface area contributed by atoms with E-state index in [1.807, 2.05) is 6.92 Å². The Bertz CT molecular complexity index is 194. The molecule has 2 fully saturated rings. The van der Waals surface area contributed by atoms with Gasteiger partial charge in [-0.3, -0.25) is 0 Å². The summed E-state index contributed by atoms with van der Waals surface area (Å²) < 4.78 is 19.6. The summed E-state index contributed by atoms with van der Waals surface area (Å²) in [7, 11) is 0. The first kappa shape index (κ1) is 9.45. The van der Waals surface area contributed by atoms with Crippen molar-refractivity contribution in [2.75, 3.05) is 6.61 Å². The van der Waals surface area contributed by atoms with Crippen molar-refractivity contribution in [3.63, 3.8) is 0 Å². The fraction of sp³-hybridized carbons (Fsp3) is 1.00. The van der Waals surface area contributed by atoms with Crippen molar-refractivity contribution in [2.45, 2.75) is 57.2 Å². The molecule has 0 aromatic rings. The molecule has 0 aromatic heterocycles. The third-order valence-electron chi connectivity index (χ3n) is 3.96. The Labute approximate surface area is 79.7 Å². The topological polar surface area (TPSA) is 9.23 Å². The first-order valence-corrected chi connectivity index (χ1v) is 5.37. The van der Waals surface area contributed by atoms with Gasteiger partial charge in [0.15, 0.2) is 0 Å². The van der Waals surface area contributed by atoms with Gasteiger partial charge in [0.25, 0.3) is 0 Å². The molecule has 0 aromatic carbocycles. The molecule has 0 amide bonds. The van der Waals surface area contributed by atoms with Gasteiger partial charge in [-0.05, 0) is 44.9 Å². The summed E-state index contributed by atoms with van der Waals surface area (Å²) in [5.74, 6) is 0.152. The molecule has 0 bridgehead atoms. The lowest BCUT2D eigenvalue weighted by Gasteiger charge is -2.42. The minimum Gasteiger partial charge on any atom is -0.375 e. The third-order valence-corrected chi connectivity index (χ3v) is 3.96. The van der Waals surface area contributed by atoms with Gasteiger partial charge in [-0.2, -0.15) is 0 Å². The molecule has 1 saturated heterocycles. The van der Waals surface area contributed by atoms with Crippen LogP contribution in [-0.4, -0.2) is 17.9 Å². The van der Waals surface area contributed by atoms with E-state index in [0.717, 1.165) is 32.3 Å². The van der Waals surface area contributed by atoms with Crippen LogP contribution in [-0.2, 0) is 4.74 Å². The van der Waals surface area contributed by atoms with Crippen LogP contribution in [0.5, 0.6) is 0 Å². The Morgan fingerprint density at radius 1 is 1.31 bits per heavy atom. The smallest absolute Gasteiger partial charge is 0.111 e. The SMILES string of the molecule is CC1CC2(CCCO2)CCC1(C)F. The molecule has 1 aliphatic heterocycles. The molecule has 1 nitrogen and oxygen atoms in total. The molecule has 2 aliphatic rings. The second-order valence-corrected chi connectivity index (χ2v) is 5.02. The highest BCUT2D eigenvalue weighted by Gasteiger charge is 2.47. The number of hydrogen-bond acceptors (Lipinski definition) is 1. The number of hydrogen-bond donors (Lipinski definition) is 0. The van der Waals surface area contributed by atoms with Crippen LogP contribution in [0.2, 0.25) is 0 Å². The summed E-state index contributed by atoms with van der Waals surface area (Å²) in [6.07, 6.45) is 4.82. The van der Waals surface area contributed by atoms with Gasteiger partial charge in [-0.25, -0.2) is 4.39 Å². The Morgan fingerprint density at radius 2 is 2.08 bits per heavy atom. The maximum absolute atomic E-state index is 13.8. The largest absolute Gasteiger partial charge is 0.375 e. The molecule has 2 heteroatoms. The molecular formula is C11H19FO. The van der Waals surface area contributed by atoms with Crippen LogP contribution in [0.1, 0.15) is 46.0 Å². The van der Waals surface area contributed by atoms with Crippen molar-refractivity contribution in [3.05, 3.63) is 0 Å². The minimum absolute atomic E-state index is 0.0605. The molecule has 2 rings (SSSR count). The molecule has 13 heavy (non-hydrogen) atoms. The molecule has 76 valence electrons. The molecular weight excluding hydrogens is 167 g/mol. The van der Waals surface area contributed by atoms with Crippen LogP contribution in [0, 0.1) is 5.92 Å². The highest BCUT2D eigenvalue weighted by atomic mass is 19.1. The van der Waals surface area contributed by atoms with E-state index in [1.54, 1.807) is 6.92 Å². The number of halogens is 1. The van der Waals surface area contributed by atoms with E-state index in [-0.39, 0.29) is 11.5 Å². The summed E-state index contributed by atoms with van der Waals surface area (Å²) in [4.78, 5) is 0. The summed E-state index contributed by atoms with van der Waals surface area (Å²) in [5, 5.41) is 0. The van der Waals surface area contributed by atoms with Crippen molar-refractivity contribution < 1.29 is 9.13 Å². The maximum Gasteiger partial charge on any atom is 0.111 e. The van der Waals surface area contributed by atoms with Gasteiger partial charge < -0.3 is 4.74 Å². The van der Waals surface area contributed by atoms with Crippen molar-refractivity contribution >= 4 is 0 Å². The minimum atomic E-state index is -0.961. The van der Waals surface area contributed by atoms with Crippen molar-refractivity contribution in [1.29, 1.82) is 0 Å². The lowest BCUT2D eigenvalue weighted by atomic mass is 9.70. The predicted octanol–water partition coefficient (Wildman–Crippen LogP) is 3.08. The van der Waals surface area contributed by atoms with E-state index in [2.05, 4.69) is 0 Å². The van der Waals surface area contributed by atoms with Gasteiger partial charge in [-0.1, -0.05) is 6.92 Å². The maximum atomic E-state index is 13.8. The lowest BCUT2D eigenvalue weighted by Crippen LogP contribution is -2.44. The van der Waals surface area contributed by atoms with Gasteiger partial charge in [0, 0.05) is 6.61 Å². The number of ether oxygens (including phenoxy) is 1. The zero-order valence-electron chi connectivity index (χ0n) is 8.61. The van der Waals surface area contributed by atoms with Gasteiger partial charge in [0.2, 0.25) is 0 Å². The second kappa shape index (κ2) is 2.94. The summed E-state index contributed by atoms with van der Waals surface area (Å²) in [6, 6.07) is 0. The Morgan fingerprint density at radius 3 is 2.62 bits per heavy atom. The van der Waals surface area contributed by atoms with E-state index >= 15 is 0 Å². The normalized spacial score (nSPS) is 51.5. The van der Waals surface area contributed by atoms with Crippen molar-refractivity contribution in [1.82, 2.24) is 0 Å². The van der Waals surface area contributed by atoms with E-state index < -0.39 is 5.67 Å². The highest BCUT2D eigenvalue weighted by molar-refractivity contribution is 4.98. The van der Waals surface area contributed by atoms with Crippen molar-refractivity contribution in [2.24, 2.45) is 5.92 Å². The Hall–Kier alpha value is -0.110. The molecule has 1 aliphatic carbocycles. The summed E-state index contributed by atoms with van der Waals surface area (Å²) in [5.41, 5.74) is -0.901. The zero-order chi connectivity index (χ0) is 9.53. The highest BCUT2D eigenvalue weighted by Crippen LogP contribution is 2.47. The fourth-order valence-electron chi connectivity index (χ4n) is 2.70.